The second-order valence-corrected chi connectivity index (χ2v) is 7.10. The van der Waals surface area contributed by atoms with Crippen LogP contribution in [0.5, 0.6) is 0 Å². The molecule has 0 spiro atoms. The Balaban J connectivity index is 1.59. The Morgan fingerprint density at radius 3 is 2.96 bits per heavy atom. The van der Waals surface area contributed by atoms with Gasteiger partial charge >= 0.3 is 5.97 Å². The highest BCUT2D eigenvalue weighted by Gasteiger charge is 2.23. The maximum atomic E-state index is 12.4. The van der Waals surface area contributed by atoms with E-state index in [-0.39, 0.29) is 32.0 Å². The zero-order valence-corrected chi connectivity index (χ0v) is 15.2. The zero-order valence-electron chi connectivity index (χ0n) is 14.4. The summed E-state index contributed by atoms with van der Waals surface area (Å²) in [6.07, 6.45) is 5.87. The van der Waals surface area contributed by atoms with Gasteiger partial charge in [0, 0.05) is 16.8 Å². The summed E-state index contributed by atoms with van der Waals surface area (Å²) in [5, 5.41) is 10.6. The van der Waals surface area contributed by atoms with Crippen LogP contribution in [-0.2, 0) is 28.9 Å². The lowest BCUT2D eigenvalue weighted by Gasteiger charge is -2.20. The number of aryl methyl sites for hydroxylation is 1. The van der Waals surface area contributed by atoms with Crippen LogP contribution < -0.4 is 0 Å². The molecule has 1 aliphatic rings. The van der Waals surface area contributed by atoms with Gasteiger partial charge in [0.05, 0.1) is 30.9 Å². The molecule has 1 aliphatic carbocycles. The van der Waals surface area contributed by atoms with Crippen molar-refractivity contribution in [2.24, 2.45) is 0 Å². The molecule has 0 radical (unpaired) electrons. The third kappa shape index (κ3) is 4.33. The number of amides is 1. The summed E-state index contributed by atoms with van der Waals surface area (Å²) in [4.78, 5) is 27.5. The van der Waals surface area contributed by atoms with Gasteiger partial charge in [-0.1, -0.05) is 0 Å². The quantitative estimate of drug-likeness (QED) is 0.696. The van der Waals surface area contributed by atoms with Crippen LogP contribution in [0, 0.1) is 11.3 Å². The highest BCUT2D eigenvalue weighted by molar-refractivity contribution is 7.10. The van der Waals surface area contributed by atoms with Gasteiger partial charge in [-0.3, -0.25) is 4.79 Å². The number of hydrogen-bond donors (Lipinski definition) is 0. The molecule has 6 nitrogen and oxygen atoms in total. The van der Waals surface area contributed by atoms with Crippen molar-refractivity contribution >= 4 is 23.2 Å². The van der Waals surface area contributed by atoms with E-state index in [9.17, 15) is 9.59 Å². The summed E-state index contributed by atoms with van der Waals surface area (Å²) in [6, 6.07) is 5.52. The van der Waals surface area contributed by atoms with E-state index in [1.807, 2.05) is 11.4 Å². The molecule has 0 fully saturated rings. The van der Waals surface area contributed by atoms with Crippen molar-refractivity contribution in [3.05, 3.63) is 45.5 Å². The molecule has 0 unspecified atom stereocenters. The Morgan fingerprint density at radius 1 is 1.35 bits per heavy atom. The molecule has 1 amide bonds. The highest BCUT2D eigenvalue weighted by atomic mass is 32.1. The lowest BCUT2D eigenvalue weighted by Crippen LogP contribution is -2.35. The van der Waals surface area contributed by atoms with E-state index in [1.165, 1.54) is 16.0 Å². The molecule has 0 atom stereocenters. The topological polar surface area (TPSA) is 83.5 Å². The van der Waals surface area contributed by atoms with E-state index < -0.39 is 5.97 Å². The molecule has 2 aromatic rings. The molecule has 26 heavy (non-hydrogen) atoms. The van der Waals surface area contributed by atoms with Gasteiger partial charge in [-0.15, -0.1) is 11.3 Å². The normalized spacial score (nSPS) is 12.9. The molecular formula is C19H20N2O4S. The standard InChI is InChI=1S/C19H20N2O4S/c20-8-4-9-21(11-14-5-3-10-24-14)18(22)12-25-19(23)16-13-26-17-7-2-1-6-15(16)17/h3,5,10,13H,1-2,4,6-7,9,11-12H2. The average Bonchev–Trinajstić information content (AvgIpc) is 3.32. The Bertz CT molecular complexity index is 804. The molecule has 136 valence electrons. The van der Waals surface area contributed by atoms with E-state index in [0.717, 1.165) is 31.2 Å². The van der Waals surface area contributed by atoms with Crippen LogP contribution in [0.25, 0.3) is 0 Å². The molecule has 2 aromatic heterocycles. The van der Waals surface area contributed by atoms with E-state index in [2.05, 4.69) is 0 Å². The third-order valence-electron chi connectivity index (χ3n) is 4.38. The van der Waals surface area contributed by atoms with Gasteiger partial charge in [-0.25, -0.2) is 4.79 Å². The van der Waals surface area contributed by atoms with Crippen LogP contribution in [-0.4, -0.2) is 29.9 Å². The first-order valence-electron chi connectivity index (χ1n) is 8.62. The number of rotatable bonds is 7. The van der Waals surface area contributed by atoms with Crippen molar-refractivity contribution in [3.8, 4) is 6.07 Å². The van der Waals surface area contributed by atoms with Gasteiger partial charge in [0.15, 0.2) is 6.61 Å². The predicted octanol–water partition coefficient (Wildman–Crippen LogP) is 3.32. The summed E-state index contributed by atoms with van der Waals surface area (Å²) in [6.45, 7) is 0.177. The maximum Gasteiger partial charge on any atom is 0.339 e. The lowest BCUT2D eigenvalue weighted by molar-refractivity contribution is -0.135. The van der Waals surface area contributed by atoms with Crippen LogP contribution in [0.1, 0.15) is 45.8 Å². The number of esters is 1. The summed E-state index contributed by atoms with van der Waals surface area (Å²) in [5.41, 5.74) is 1.67. The van der Waals surface area contributed by atoms with Crippen molar-refractivity contribution in [1.82, 2.24) is 4.90 Å². The fraction of sp³-hybridized carbons (Fsp3) is 0.421. The number of carbonyl (C=O) groups excluding carboxylic acids is 2. The molecule has 0 N–H and O–H groups in total. The van der Waals surface area contributed by atoms with Crippen molar-refractivity contribution < 1.29 is 18.7 Å². The van der Waals surface area contributed by atoms with Gasteiger partial charge < -0.3 is 14.1 Å². The fourth-order valence-electron chi connectivity index (χ4n) is 3.03. The number of furan rings is 1. The van der Waals surface area contributed by atoms with Crippen molar-refractivity contribution in [1.29, 1.82) is 5.26 Å². The average molecular weight is 372 g/mol. The number of carbonyl (C=O) groups is 2. The largest absolute Gasteiger partial charge is 0.467 e. The van der Waals surface area contributed by atoms with Crippen LogP contribution in [0.4, 0.5) is 0 Å². The summed E-state index contributed by atoms with van der Waals surface area (Å²) >= 11 is 1.59. The number of ether oxygens (including phenoxy) is 1. The van der Waals surface area contributed by atoms with Crippen molar-refractivity contribution in [2.75, 3.05) is 13.2 Å². The van der Waals surface area contributed by atoms with E-state index in [0.29, 0.717) is 11.3 Å². The third-order valence-corrected chi connectivity index (χ3v) is 5.47. The van der Waals surface area contributed by atoms with E-state index in [4.69, 9.17) is 14.4 Å². The Labute approximate surface area is 156 Å². The first-order valence-corrected chi connectivity index (χ1v) is 9.50. The van der Waals surface area contributed by atoms with Crippen LogP contribution in [0.2, 0.25) is 0 Å². The minimum Gasteiger partial charge on any atom is -0.467 e. The van der Waals surface area contributed by atoms with Crippen molar-refractivity contribution in [3.63, 3.8) is 0 Å². The Kier molecular flexibility index (Phi) is 6.08. The zero-order chi connectivity index (χ0) is 18.4. The van der Waals surface area contributed by atoms with Gasteiger partial charge in [0.1, 0.15) is 5.76 Å². The molecule has 0 aromatic carbocycles. The van der Waals surface area contributed by atoms with Crippen molar-refractivity contribution in [2.45, 2.75) is 38.6 Å². The molecule has 0 saturated heterocycles. The van der Waals surface area contributed by atoms with Crippen LogP contribution in [0.15, 0.2) is 28.2 Å². The van der Waals surface area contributed by atoms with Crippen LogP contribution in [0.3, 0.4) is 0 Å². The first-order chi connectivity index (χ1) is 12.7. The predicted molar refractivity (Wildman–Crippen MR) is 95.6 cm³/mol. The Hall–Kier alpha value is -2.59. The monoisotopic (exact) mass is 372 g/mol. The van der Waals surface area contributed by atoms with Crippen LogP contribution >= 0.6 is 11.3 Å². The van der Waals surface area contributed by atoms with Gasteiger partial charge in [0.2, 0.25) is 0 Å². The highest BCUT2D eigenvalue weighted by Crippen LogP contribution is 2.30. The van der Waals surface area contributed by atoms with Gasteiger partial charge in [-0.05, 0) is 43.4 Å². The van der Waals surface area contributed by atoms with Gasteiger partial charge in [0.25, 0.3) is 5.91 Å². The fourth-order valence-corrected chi connectivity index (χ4v) is 4.14. The molecule has 0 saturated carbocycles. The number of nitriles is 1. The summed E-state index contributed by atoms with van der Waals surface area (Å²) in [7, 11) is 0. The SMILES string of the molecule is N#CCCN(Cc1ccco1)C(=O)COC(=O)c1csc2c1CCCC2. The molecule has 0 bridgehead atoms. The van der Waals surface area contributed by atoms with E-state index >= 15 is 0 Å². The maximum absolute atomic E-state index is 12.4. The summed E-state index contributed by atoms with van der Waals surface area (Å²) < 4.78 is 10.5. The number of nitrogens with zero attached hydrogens (tertiary/aromatic N) is 2. The summed E-state index contributed by atoms with van der Waals surface area (Å²) in [5.74, 6) is -0.167. The minimum atomic E-state index is -0.448. The second-order valence-electron chi connectivity index (χ2n) is 6.14. The Morgan fingerprint density at radius 2 is 2.19 bits per heavy atom. The molecule has 3 rings (SSSR count). The minimum absolute atomic E-state index is 0.207. The van der Waals surface area contributed by atoms with Gasteiger partial charge in [-0.2, -0.15) is 5.26 Å². The molecule has 2 heterocycles. The van der Waals surface area contributed by atoms with E-state index in [1.54, 1.807) is 23.5 Å². The number of hydrogen-bond acceptors (Lipinski definition) is 6. The molecule has 7 heteroatoms. The number of fused-ring (bicyclic) bond motifs is 1. The second kappa shape index (κ2) is 8.68. The lowest BCUT2D eigenvalue weighted by atomic mass is 9.96. The molecule has 0 aliphatic heterocycles. The molecular weight excluding hydrogens is 352 g/mol. The first kappa shape index (κ1) is 18.2. The smallest absolute Gasteiger partial charge is 0.339 e. The number of thiophene rings is 1.